The number of esters is 1. The molecule has 2 aromatic carbocycles. The van der Waals surface area contributed by atoms with Crippen molar-refractivity contribution in [2.24, 2.45) is 0 Å². The number of nitrogens with one attached hydrogen (secondary N) is 1. The number of carbonyl (C=O) groups is 2. The molecular weight excluding hydrogens is 370 g/mol. The van der Waals surface area contributed by atoms with Gasteiger partial charge in [0.15, 0.2) is 6.10 Å². The predicted octanol–water partition coefficient (Wildman–Crippen LogP) is 3.82. The lowest BCUT2D eigenvalue weighted by molar-refractivity contribution is -0.125. The molecule has 1 aliphatic heterocycles. The molecule has 0 saturated heterocycles. The number of hydrogen-bond acceptors (Lipinski definition) is 3. The Bertz CT molecular complexity index is 763. The summed E-state index contributed by atoms with van der Waals surface area (Å²) in [6, 6.07) is 12.1. The van der Waals surface area contributed by atoms with Crippen LogP contribution in [0.15, 0.2) is 46.9 Å². The number of rotatable bonds is 2. The molecular formula is C16H11BrClNO3. The molecule has 0 aromatic heterocycles. The molecule has 22 heavy (non-hydrogen) atoms. The van der Waals surface area contributed by atoms with Crippen molar-refractivity contribution in [2.45, 2.75) is 12.5 Å². The average molecular weight is 381 g/mol. The van der Waals surface area contributed by atoms with Gasteiger partial charge in [0.1, 0.15) is 0 Å². The molecule has 0 aliphatic carbocycles. The third-order valence-corrected chi connectivity index (χ3v) is 4.05. The second kappa shape index (κ2) is 6.10. The van der Waals surface area contributed by atoms with E-state index in [2.05, 4.69) is 21.2 Å². The molecule has 1 atom stereocenters. The molecule has 0 spiro atoms. The van der Waals surface area contributed by atoms with Crippen molar-refractivity contribution in [3.05, 3.63) is 63.1 Å². The van der Waals surface area contributed by atoms with Crippen molar-refractivity contribution in [3.8, 4) is 0 Å². The van der Waals surface area contributed by atoms with Crippen molar-refractivity contribution in [1.82, 2.24) is 0 Å². The van der Waals surface area contributed by atoms with Crippen molar-refractivity contribution >= 4 is 45.1 Å². The molecule has 0 fully saturated rings. The van der Waals surface area contributed by atoms with Gasteiger partial charge in [-0.15, -0.1) is 0 Å². The molecule has 6 heteroatoms. The van der Waals surface area contributed by atoms with Gasteiger partial charge in [0.25, 0.3) is 5.91 Å². The lowest BCUT2D eigenvalue weighted by Gasteiger charge is -2.24. The Balaban J connectivity index is 1.79. The first-order chi connectivity index (χ1) is 10.5. The maximum Gasteiger partial charge on any atom is 0.339 e. The highest BCUT2D eigenvalue weighted by molar-refractivity contribution is 9.10. The van der Waals surface area contributed by atoms with Gasteiger partial charge in [-0.25, -0.2) is 4.79 Å². The molecule has 0 radical (unpaired) electrons. The third-order valence-electron chi connectivity index (χ3n) is 3.33. The van der Waals surface area contributed by atoms with Gasteiger partial charge in [-0.3, -0.25) is 4.79 Å². The highest BCUT2D eigenvalue weighted by Crippen LogP contribution is 2.25. The van der Waals surface area contributed by atoms with E-state index >= 15 is 0 Å². The number of cyclic esters (lactones) is 1. The van der Waals surface area contributed by atoms with E-state index in [-0.39, 0.29) is 5.91 Å². The van der Waals surface area contributed by atoms with Crippen LogP contribution in [0.3, 0.4) is 0 Å². The average Bonchev–Trinajstić information content (AvgIpc) is 2.46. The Morgan fingerprint density at radius 2 is 2.09 bits per heavy atom. The maximum absolute atomic E-state index is 12.3. The van der Waals surface area contributed by atoms with Crippen molar-refractivity contribution < 1.29 is 14.3 Å². The van der Waals surface area contributed by atoms with Crippen molar-refractivity contribution in [3.63, 3.8) is 0 Å². The predicted molar refractivity (Wildman–Crippen MR) is 87.1 cm³/mol. The van der Waals surface area contributed by atoms with E-state index in [1.54, 1.807) is 36.4 Å². The number of halogens is 2. The first-order valence-electron chi connectivity index (χ1n) is 6.59. The van der Waals surface area contributed by atoms with E-state index in [9.17, 15) is 9.59 Å². The quantitative estimate of drug-likeness (QED) is 0.806. The molecule has 3 rings (SSSR count). The standard InChI is InChI=1S/C16H11BrClNO3/c17-10-4-5-13-9(6-10)7-14(22-16(13)21)15(20)19-12-3-1-2-11(18)8-12/h1-6,8,14H,7H2,(H,19,20). The molecule has 0 bridgehead atoms. The van der Waals surface area contributed by atoms with E-state index < -0.39 is 12.1 Å². The van der Waals surface area contributed by atoms with Crippen LogP contribution in [-0.2, 0) is 16.0 Å². The lowest BCUT2D eigenvalue weighted by Crippen LogP contribution is -2.38. The second-order valence-electron chi connectivity index (χ2n) is 4.90. The van der Waals surface area contributed by atoms with Gasteiger partial charge in [-0.1, -0.05) is 33.6 Å². The number of ether oxygens (including phenoxy) is 1. The van der Waals surface area contributed by atoms with Crippen LogP contribution in [0.2, 0.25) is 5.02 Å². The van der Waals surface area contributed by atoms with Crippen LogP contribution < -0.4 is 5.32 Å². The van der Waals surface area contributed by atoms with Gasteiger partial charge in [-0.2, -0.15) is 0 Å². The number of carbonyl (C=O) groups excluding carboxylic acids is 2. The second-order valence-corrected chi connectivity index (χ2v) is 6.25. The fourth-order valence-electron chi connectivity index (χ4n) is 2.30. The summed E-state index contributed by atoms with van der Waals surface area (Å²) in [5.41, 5.74) is 1.85. The summed E-state index contributed by atoms with van der Waals surface area (Å²) >= 11 is 9.24. The Labute approximate surface area is 140 Å². The van der Waals surface area contributed by atoms with E-state index in [0.717, 1.165) is 10.0 Å². The fraction of sp³-hybridized carbons (Fsp3) is 0.125. The van der Waals surface area contributed by atoms with E-state index in [0.29, 0.717) is 22.7 Å². The smallest absolute Gasteiger partial charge is 0.339 e. The zero-order valence-corrected chi connectivity index (χ0v) is 13.6. The molecule has 112 valence electrons. The summed E-state index contributed by atoms with van der Waals surface area (Å²) in [7, 11) is 0. The number of fused-ring (bicyclic) bond motifs is 1. The summed E-state index contributed by atoms with van der Waals surface area (Å²) in [6.07, 6.45) is -0.513. The Hall–Kier alpha value is -1.85. The number of amides is 1. The zero-order valence-electron chi connectivity index (χ0n) is 11.3. The highest BCUT2D eigenvalue weighted by atomic mass is 79.9. The summed E-state index contributed by atoms with van der Waals surface area (Å²) in [4.78, 5) is 24.3. The maximum atomic E-state index is 12.3. The summed E-state index contributed by atoms with van der Waals surface area (Å²) in [6.45, 7) is 0. The first kappa shape index (κ1) is 15.1. The minimum atomic E-state index is -0.853. The zero-order chi connectivity index (χ0) is 15.7. The third kappa shape index (κ3) is 3.15. The van der Waals surface area contributed by atoms with E-state index in [1.165, 1.54) is 0 Å². The van der Waals surface area contributed by atoms with Gasteiger partial charge in [0.05, 0.1) is 5.56 Å². The largest absolute Gasteiger partial charge is 0.448 e. The Kier molecular flexibility index (Phi) is 4.18. The molecule has 4 nitrogen and oxygen atoms in total. The van der Waals surface area contributed by atoms with Crippen LogP contribution in [0.1, 0.15) is 15.9 Å². The van der Waals surface area contributed by atoms with Gasteiger partial charge < -0.3 is 10.1 Å². The Morgan fingerprint density at radius 1 is 1.27 bits per heavy atom. The van der Waals surface area contributed by atoms with E-state index in [1.807, 2.05) is 6.07 Å². The number of hydrogen-bond donors (Lipinski definition) is 1. The van der Waals surface area contributed by atoms with Gasteiger partial charge in [-0.05, 0) is 42.0 Å². The van der Waals surface area contributed by atoms with Crippen molar-refractivity contribution in [2.75, 3.05) is 5.32 Å². The van der Waals surface area contributed by atoms with Crippen LogP contribution in [0.5, 0.6) is 0 Å². The molecule has 1 N–H and O–H groups in total. The van der Waals surface area contributed by atoms with Gasteiger partial charge >= 0.3 is 5.97 Å². The van der Waals surface area contributed by atoms with Crippen LogP contribution in [0.4, 0.5) is 5.69 Å². The minimum Gasteiger partial charge on any atom is -0.448 e. The van der Waals surface area contributed by atoms with Gasteiger partial charge in [0, 0.05) is 21.6 Å². The fourth-order valence-corrected chi connectivity index (χ4v) is 2.90. The molecule has 1 unspecified atom stereocenters. The van der Waals surface area contributed by atoms with Crippen LogP contribution in [-0.4, -0.2) is 18.0 Å². The molecule has 2 aromatic rings. The highest BCUT2D eigenvalue weighted by Gasteiger charge is 2.31. The van der Waals surface area contributed by atoms with Crippen LogP contribution in [0.25, 0.3) is 0 Å². The lowest BCUT2D eigenvalue weighted by atomic mass is 9.98. The molecule has 1 aliphatic rings. The van der Waals surface area contributed by atoms with Crippen LogP contribution >= 0.6 is 27.5 Å². The first-order valence-corrected chi connectivity index (χ1v) is 7.76. The van der Waals surface area contributed by atoms with Crippen molar-refractivity contribution in [1.29, 1.82) is 0 Å². The topological polar surface area (TPSA) is 55.4 Å². The van der Waals surface area contributed by atoms with Crippen LogP contribution in [0, 0.1) is 0 Å². The summed E-state index contributed by atoms with van der Waals surface area (Å²) < 4.78 is 6.07. The molecule has 1 amide bonds. The molecule has 1 heterocycles. The summed E-state index contributed by atoms with van der Waals surface area (Å²) in [5.74, 6) is -0.860. The molecule has 0 saturated carbocycles. The Morgan fingerprint density at radius 3 is 2.86 bits per heavy atom. The normalized spacial score (nSPS) is 16.6. The SMILES string of the molecule is O=C1OC(C(=O)Nc2cccc(Cl)c2)Cc2cc(Br)ccc21. The van der Waals surface area contributed by atoms with Gasteiger partial charge in [0.2, 0.25) is 0 Å². The summed E-state index contributed by atoms with van der Waals surface area (Å²) in [5, 5.41) is 3.23. The minimum absolute atomic E-state index is 0.340. The van der Waals surface area contributed by atoms with E-state index in [4.69, 9.17) is 16.3 Å². The number of benzene rings is 2. The monoisotopic (exact) mass is 379 g/mol. The number of anilines is 1.